The first-order valence-electron chi connectivity index (χ1n) is 12.8. The zero-order valence-corrected chi connectivity index (χ0v) is 22.0. The summed E-state index contributed by atoms with van der Waals surface area (Å²) < 4.78 is 39.6. The van der Waals surface area contributed by atoms with Gasteiger partial charge in [-0.1, -0.05) is 25.4 Å². The number of aromatic nitrogens is 1. The first-order chi connectivity index (χ1) is 16.7. The highest BCUT2D eigenvalue weighted by Crippen LogP contribution is 2.68. The molecule has 3 aliphatic carbocycles. The van der Waals surface area contributed by atoms with Gasteiger partial charge in [-0.15, -0.1) is 0 Å². The third-order valence-corrected chi connectivity index (χ3v) is 10.7. The molecule has 5 nitrogen and oxygen atoms in total. The zero-order chi connectivity index (χ0) is 26.4. The Morgan fingerprint density at radius 3 is 2.50 bits per heavy atom. The fourth-order valence-electron chi connectivity index (χ4n) is 8.99. The number of primary amides is 1. The summed E-state index contributed by atoms with van der Waals surface area (Å²) in [5.41, 5.74) is 6.46. The Labute approximate surface area is 214 Å². The number of rotatable bonds is 2. The van der Waals surface area contributed by atoms with E-state index >= 15 is 0 Å². The number of hydrogen-bond acceptors (Lipinski definition) is 3. The van der Waals surface area contributed by atoms with E-state index in [-0.39, 0.29) is 43.9 Å². The summed E-state index contributed by atoms with van der Waals surface area (Å²) in [6, 6.07) is 0.878. The highest BCUT2D eigenvalue weighted by molar-refractivity contribution is 6.33. The fraction of sp³-hybridized carbons (Fsp3) is 0.667. The molecule has 9 heteroatoms. The Morgan fingerprint density at radius 1 is 1.19 bits per heavy atom. The molecule has 0 bridgehead atoms. The van der Waals surface area contributed by atoms with E-state index in [1.165, 1.54) is 0 Å². The molecule has 196 valence electrons. The number of amides is 2. The van der Waals surface area contributed by atoms with Gasteiger partial charge >= 0.3 is 12.1 Å². The standard InChI is InChI=1S/C27H33ClF3N3O2/c1-14-11-16-17-5-6-19(23(32)36)25(17,2)9-7-18(16)26(3)10-8-21(35)34(4,22(14)26)24-20(28)12-15(13-33-24)27(29,30)31/h12-13,16-19H,5-11H2,1-4H3,(H-,32,36)/p+1/t16-,17-,18-,19+,25-,26+,34?/m0/s1. The number of pyridine rings is 1. The largest absolute Gasteiger partial charge is 0.417 e. The number of carbonyl (C=O) groups excluding carboxylic acids is 2. The van der Waals surface area contributed by atoms with Crippen LogP contribution in [0.15, 0.2) is 23.5 Å². The molecule has 1 saturated heterocycles. The minimum absolute atomic E-state index is 0.105. The number of alkyl halides is 3. The summed E-state index contributed by atoms with van der Waals surface area (Å²) in [7, 11) is 1.74. The van der Waals surface area contributed by atoms with Crippen LogP contribution in [0.2, 0.25) is 5.02 Å². The number of halogens is 4. The van der Waals surface area contributed by atoms with Crippen LogP contribution in [0.4, 0.5) is 19.0 Å². The lowest BCUT2D eigenvalue weighted by molar-refractivity contribution is -0.138. The lowest BCUT2D eigenvalue weighted by Crippen LogP contribution is -2.63. The molecule has 4 aliphatic rings. The first-order valence-corrected chi connectivity index (χ1v) is 13.2. The highest BCUT2D eigenvalue weighted by Gasteiger charge is 2.65. The molecular formula is C27H34ClF3N3O2+. The Balaban J connectivity index is 1.62. The van der Waals surface area contributed by atoms with E-state index in [0.717, 1.165) is 55.6 Å². The summed E-state index contributed by atoms with van der Waals surface area (Å²) in [4.78, 5) is 30.0. The van der Waals surface area contributed by atoms with Crippen LogP contribution >= 0.6 is 11.6 Å². The molecule has 0 spiro atoms. The van der Waals surface area contributed by atoms with Gasteiger partial charge in [0.15, 0.2) is 0 Å². The Morgan fingerprint density at radius 2 is 1.89 bits per heavy atom. The van der Waals surface area contributed by atoms with Gasteiger partial charge in [-0.25, -0.2) is 9.78 Å². The van der Waals surface area contributed by atoms with Crippen molar-refractivity contribution in [3.63, 3.8) is 0 Å². The lowest BCUT2D eigenvalue weighted by Gasteiger charge is -2.59. The van der Waals surface area contributed by atoms with Crippen LogP contribution < -0.4 is 10.2 Å². The van der Waals surface area contributed by atoms with Crippen molar-refractivity contribution in [1.82, 2.24) is 9.47 Å². The van der Waals surface area contributed by atoms with Gasteiger partial charge in [0, 0.05) is 17.5 Å². The van der Waals surface area contributed by atoms with E-state index in [9.17, 15) is 22.8 Å². The second-order valence-electron chi connectivity index (χ2n) is 12.1. The van der Waals surface area contributed by atoms with Crippen LogP contribution in [0.5, 0.6) is 0 Å². The molecule has 3 fully saturated rings. The average Bonchev–Trinajstić information content (AvgIpc) is 3.13. The number of quaternary nitrogens is 1. The number of allylic oxidation sites excluding steroid dienone is 2. The summed E-state index contributed by atoms with van der Waals surface area (Å²) >= 11 is 6.43. The van der Waals surface area contributed by atoms with Crippen molar-refractivity contribution < 1.29 is 22.8 Å². The molecule has 5 rings (SSSR count). The van der Waals surface area contributed by atoms with E-state index in [4.69, 9.17) is 17.3 Å². The maximum atomic E-state index is 13.6. The highest BCUT2D eigenvalue weighted by atomic mass is 35.5. The second kappa shape index (κ2) is 8.03. The number of likely N-dealkylation sites (tertiary alicyclic amines) is 1. The van der Waals surface area contributed by atoms with E-state index < -0.39 is 11.7 Å². The molecule has 1 unspecified atom stereocenters. The minimum Gasteiger partial charge on any atom is -0.369 e. The van der Waals surface area contributed by atoms with Gasteiger partial charge in [0.25, 0.3) is 5.82 Å². The molecule has 2 heterocycles. The smallest absolute Gasteiger partial charge is 0.369 e. The van der Waals surface area contributed by atoms with Crippen molar-refractivity contribution in [3.8, 4) is 0 Å². The van der Waals surface area contributed by atoms with E-state index in [1.807, 2.05) is 6.92 Å². The van der Waals surface area contributed by atoms with Gasteiger partial charge in [0.1, 0.15) is 10.7 Å². The van der Waals surface area contributed by atoms with E-state index in [2.05, 4.69) is 18.8 Å². The van der Waals surface area contributed by atoms with Gasteiger partial charge in [-0.05, 0) is 80.3 Å². The Hall–Kier alpha value is -1.93. The summed E-state index contributed by atoms with van der Waals surface area (Å²) in [5, 5.41) is -0.149. The zero-order valence-electron chi connectivity index (χ0n) is 21.2. The van der Waals surface area contributed by atoms with Crippen molar-refractivity contribution >= 4 is 29.2 Å². The molecule has 36 heavy (non-hydrogen) atoms. The minimum atomic E-state index is -4.57. The van der Waals surface area contributed by atoms with Gasteiger partial charge < -0.3 is 5.73 Å². The van der Waals surface area contributed by atoms with Gasteiger partial charge in [-0.2, -0.15) is 17.7 Å². The first kappa shape index (κ1) is 25.7. The van der Waals surface area contributed by atoms with Crippen molar-refractivity contribution in [2.45, 2.75) is 71.9 Å². The summed E-state index contributed by atoms with van der Waals surface area (Å²) in [5.74, 6) is 0.800. The lowest BCUT2D eigenvalue weighted by atomic mass is 9.48. The Bertz CT molecular complexity index is 1180. The molecular weight excluding hydrogens is 491 g/mol. The molecule has 7 atom stereocenters. The number of piperidine rings is 1. The predicted octanol–water partition coefficient (Wildman–Crippen LogP) is 6.24. The number of hydrogen-bond donors (Lipinski definition) is 1. The number of nitrogens with zero attached hydrogens (tertiary/aromatic N) is 2. The maximum Gasteiger partial charge on any atom is 0.417 e. The molecule has 1 aromatic heterocycles. The van der Waals surface area contributed by atoms with E-state index in [0.29, 0.717) is 30.6 Å². The van der Waals surface area contributed by atoms with Crippen molar-refractivity contribution in [3.05, 3.63) is 34.1 Å². The molecule has 0 aromatic carbocycles. The SMILES string of the molecule is CC1=C2[C@](C)(CCC(=O)[N+]2(C)c2ncc(C(F)(F)F)cc2Cl)[C@H]2CC[C@]3(C)[C@@H](C(N)=O)CC[C@H]3[C@@H]2C1. The average molecular weight is 525 g/mol. The fourth-order valence-corrected chi connectivity index (χ4v) is 9.33. The molecule has 2 saturated carbocycles. The van der Waals surface area contributed by atoms with Gasteiger partial charge in [0.05, 0.1) is 19.0 Å². The van der Waals surface area contributed by atoms with Crippen molar-refractivity contribution in [2.75, 3.05) is 7.05 Å². The van der Waals surface area contributed by atoms with Crippen LogP contribution in [0.25, 0.3) is 0 Å². The normalized spacial score (nSPS) is 40.5. The topological polar surface area (TPSA) is 73.1 Å². The monoisotopic (exact) mass is 524 g/mol. The molecule has 2 N–H and O–H groups in total. The van der Waals surface area contributed by atoms with E-state index in [1.54, 1.807) is 7.05 Å². The van der Waals surface area contributed by atoms with Gasteiger partial charge in [0.2, 0.25) is 5.91 Å². The third kappa shape index (κ3) is 3.35. The Kier molecular flexibility index (Phi) is 5.74. The number of fused-ring (bicyclic) bond motifs is 5. The molecule has 1 aromatic rings. The quantitative estimate of drug-likeness (QED) is 0.465. The molecule has 0 radical (unpaired) electrons. The van der Waals surface area contributed by atoms with Crippen LogP contribution in [0, 0.1) is 34.5 Å². The van der Waals surface area contributed by atoms with Crippen molar-refractivity contribution in [2.24, 2.45) is 40.2 Å². The van der Waals surface area contributed by atoms with Crippen molar-refractivity contribution in [1.29, 1.82) is 0 Å². The van der Waals surface area contributed by atoms with Gasteiger partial charge in [-0.3, -0.25) is 4.79 Å². The predicted molar refractivity (Wildman–Crippen MR) is 131 cm³/mol. The number of nitrogens with two attached hydrogens (primary N) is 1. The maximum absolute atomic E-state index is 13.6. The molecule has 1 aliphatic heterocycles. The van der Waals surface area contributed by atoms with Crippen LogP contribution in [0.3, 0.4) is 0 Å². The van der Waals surface area contributed by atoms with Crippen LogP contribution in [-0.2, 0) is 15.8 Å². The van der Waals surface area contributed by atoms with Crippen LogP contribution in [0.1, 0.15) is 71.3 Å². The third-order valence-electron chi connectivity index (χ3n) is 10.5. The second-order valence-corrected chi connectivity index (χ2v) is 12.5. The molecule has 2 amide bonds. The number of carbonyl (C=O) groups is 2. The summed E-state index contributed by atoms with van der Waals surface area (Å²) in [6.07, 6.45) is 1.63. The van der Waals surface area contributed by atoms with Crippen LogP contribution in [-0.4, -0.2) is 23.8 Å². The summed E-state index contributed by atoms with van der Waals surface area (Å²) in [6.45, 7) is 6.49.